The van der Waals surface area contributed by atoms with Crippen LogP contribution < -0.4 is 5.69 Å². The van der Waals surface area contributed by atoms with Gasteiger partial charge in [0.25, 0.3) is 0 Å². The lowest BCUT2D eigenvalue weighted by molar-refractivity contribution is 0.667. The average Bonchev–Trinajstić information content (AvgIpc) is 2.99. The van der Waals surface area contributed by atoms with Crippen molar-refractivity contribution in [2.75, 3.05) is 5.75 Å². The lowest BCUT2D eigenvalue weighted by Crippen LogP contribution is -2.27. The molecule has 21 heavy (non-hydrogen) atoms. The van der Waals surface area contributed by atoms with E-state index in [1.54, 1.807) is 11.8 Å². The van der Waals surface area contributed by atoms with Crippen molar-refractivity contribution in [3.05, 3.63) is 57.6 Å². The van der Waals surface area contributed by atoms with E-state index in [2.05, 4.69) is 24.0 Å². The van der Waals surface area contributed by atoms with Crippen molar-refractivity contribution in [2.45, 2.75) is 44.2 Å². The Balaban J connectivity index is 1.98. The van der Waals surface area contributed by atoms with Gasteiger partial charge in [-0.15, -0.1) is 11.8 Å². The van der Waals surface area contributed by atoms with Crippen LogP contribution in [0.2, 0.25) is 0 Å². The van der Waals surface area contributed by atoms with Crippen molar-refractivity contribution >= 4 is 11.8 Å². The Morgan fingerprint density at radius 3 is 2.81 bits per heavy atom. The summed E-state index contributed by atoms with van der Waals surface area (Å²) in [5.74, 6) is 1.03. The number of nitrogens with zero attached hydrogens (tertiary/aromatic N) is 2. The first-order valence-electron chi connectivity index (χ1n) is 7.59. The summed E-state index contributed by atoms with van der Waals surface area (Å²) in [5.41, 5.74) is 3.57. The van der Waals surface area contributed by atoms with Crippen LogP contribution in [0.15, 0.2) is 40.2 Å². The number of aromatic nitrogens is 2. The van der Waals surface area contributed by atoms with E-state index in [1.165, 1.54) is 11.3 Å². The van der Waals surface area contributed by atoms with Crippen molar-refractivity contribution in [3.8, 4) is 0 Å². The molecular formula is C17H20N2OS. The molecule has 0 atom stereocenters. The molecule has 1 aliphatic rings. The molecule has 0 fully saturated rings. The largest absolute Gasteiger partial charge is 0.349 e. The second-order valence-corrected chi connectivity index (χ2v) is 6.48. The van der Waals surface area contributed by atoms with E-state index in [0.29, 0.717) is 6.54 Å². The van der Waals surface area contributed by atoms with Crippen LogP contribution in [0.25, 0.3) is 0 Å². The van der Waals surface area contributed by atoms with Crippen LogP contribution in [0.3, 0.4) is 0 Å². The van der Waals surface area contributed by atoms with Gasteiger partial charge in [-0.25, -0.2) is 4.79 Å². The van der Waals surface area contributed by atoms with Crippen LogP contribution in [-0.2, 0) is 19.4 Å². The Morgan fingerprint density at radius 1 is 1.24 bits per heavy atom. The van der Waals surface area contributed by atoms with Crippen molar-refractivity contribution in [1.29, 1.82) is 0 Å². The molecule has 0 saturated carbocycles. The van der Waals surface area contributed by atoms with Crippen LogP contribution in [0.4, 0.5) is 0 Å². The molecule has 1 aromatic carbocycles. The lowest BCUT2D eigenvalue weighted by Gasteiger charge is -2.14. The Hall–Kier alpha value is -1.55. The molecule has 4 heteroatoms. The van der Waals surface area contributed by atoms with Crippen LogP contribution in [0, 0.1) is 0 Å². The number of benzene rings is 1. The molecule has 1 aliphatic carbocycles. The van der Waals surface area contributed by atoms with Gasteiger partial charge in [0, 0.05) is 11.3 Å². The lowest BCUT2D eigenvalue weighted by atomic mass is 10.2. The van der Waals surface area contributed by atoms with Gasteiger partial charge in [0.05, 0.1) is 6.54 Å². The second-order valence-electron chi connectivity index (χ2n) is 5.40. The summed E-state index contributed by atoms with van der Waals surface area (Å²) in [7, 11) is 0. The summed E-state index contributed by atoms with van der Waals surface area (Å²) < 4.78 is 1.87. The summed E-state index contributed by atoms with van der Waals surface area (Å²) in [6.45, 7) is 2.79. The van der Waals surface area contributed by atoms with E-state index in [-0.39, 0.29) is 5.69 Å². The fourth-order valence-electron chi connectivity index (χ4n) is 2.83. The van der Waals surface area contributed by atoms with Crippen LogP contribution >= 0.6 is 11.8 Å². The highest BCUT2D eigenvalue weighted by Crippen LogP contribution is 2.29. The summed E-state index contributed by atoms with van der Waals surface area (Å²) >= 11 is 1.73. The molecule has 0 radical (unpaired) electrons. The third kappa shape index (κ3) is 3.05. The summed E-state index contributed by atoms with van der Waals surface area (Å²) in [4.78, 5) is 16.8. The van der Waals surface area contributed by atoms with Crippen LogP contribution in [0.5, 0.6) is 0 Å². The van der Waals surface area contributed by atoms with Gasteiger partial charge in [-0.3, -0.25) is 4.57 Å². The maximum Gasteiger partial charge on any atom is 0.349 e. The molecule has 0 aliphatic heterocycles. The molecular weight excluding hydrogens is 280 g/mol. The highest BCUT2D eigenvalue weighted by molar-refractivity contribution is 7.99. The smallest absolute Gasteiger partial charge is 0.292 e. The first-order valence-corrected chi connectivity index (χ1v) is 8.57. The predicted octanol–water partition coefficient (Wildman–Crippen LogP) is 3.28. The molecule has 0 bridgehead atoms. The standard InChI is InChI=1S/C17H20N2OS/c1-2-11-21-16-14-9-6-10-15(14)19(17(20)18-16)12-13-7-4-3-5-8-13/h3-5,7-8H,2,6,9-12H2,1H3. The van der Waals surface area contributed by atoms with E-state index in [9.17, 15) is 4.79 Å². The second kappa shape index (κ2) is 6.48. The molecule has 0 N–H and O–H groups in total. The Kier molecular flexibility index (Phi) is 4.44. The Labute approximate surface area is 129 Å². The maximum absolute atomic E-state index is 12.4. The molecule has 3 rings (SSSR count). The topological polar surface area (TPSA) is 34.9 Å². The molecule has 0 amide bonds. The number of thioether (sulfide) groups is 1. The molecule has 110 valence electrons. The molecule has 0 spiro atoms. The van der Waals surface area contributed by atoms with E-state index in [4.69, 9.17) is 0 Å². The molecule has 2 aromatic rings. The molecule has 0 saturated heterocycles. The van der Waals surface area contributed by atoms with Crippen molar-refractivity contribution in [2.24, 2.45) is 0 Å². The van der Waals surface area contributed by atoms with Gasteiger partial charge in [-0.1, -0.05) is 37.3 Å². The normalized spacial score (nSPS) is 13.4. The van der Waals surface area contributed by atoms with Crippen molar-refractivity contribution in [3.63, 3.8) is 0 Å². The molecule has 0 unspecified atom stereocenters. The summed E-state index contributed by atoms with van der Waals surface area (Å²) in [5, 5.41) is 0.971. The van der Waals surface area contributed by atoms with E-state index < -0.39 is 0 Å². The van der Waals surface area contributed by atoms with E-state index in [1.807, 2.05) is 22.8 Å². The minimum Gasteiger partial charge on any atom is -0.292 e. The van der Waals surface area contributed by atoms with Crippen molar-refractivity contribution < 1.29 is 0 Å². The monoisotopic (exact) mass is 300 g/mol. The predicted molar refractivity (Wildman–Crippen MR) is 87.1 cm³/mol. The van der Waals surface area contributed by atoms with Gasteiger partial charge in [-0.05, 0) is 37.0 Å². The van der Waals surface area contributed by atoms with Crippen molar-refractivity contribution in [1.82, 2.24) is 9.55 Å². The highest BCUT2D eigenvalue weighted by Gasteiger charge is 2.21. The van der Waals surface area contributed by atoms with Crippen LogP contribution in [-0.4, -0.2) is 15.3 Å². The van der Waals surface area contributed by atoms with Gasteiger partial charge in [0.15, 0.2) is 0 Å². The Morgan fingerprint density at radius 2 is 2.05 bits per heavy atom. The molecule has 1 heterocycles. The molecule has 1 aromatic heterocycles. The first-order chi connectivity index (χ1) is 10.3. The minimum absolute atomic E-state index is 0.0990. The van der Waals surface area contributed by atoms with E-state index in [0.717, 1.165) is 42.0 Å². The fraction of sp³-hybridized carbons (Fsp3) is 0.412. The number of rotatable bonds is 5. The van der Waals surface area contributed by atoms with Gasteiger partial charge in [0.1, 0.15) is 5.03 Å². The zero-order valence-corrected chi connectivity index (χ0v) is 13.2. The summed E-state index contributed by atoms with van der Waals surface area (Å²) in [6, 6.07) is 10.2. The zero-order valence-electron chi connectivity index (χ0n) is 12.3. The minimum atomic E-state index is -0.0990. The maximum atomic E-state index is 12.4. The third-order valence-electron chi connectivity index (χ3n) is 3.83. The Bertz CT molecular complexity index is 679. The first kappa shape index (κ1) is 14.4. The number of fused-ring (bicyclic) bond motifs is 1. The van der Waals surface area contributed by atoms with Crippen LogP contribution in [0.1, 0.15) is 36.6 Å². The number of hydrogen-bond acceptors (Lipinski definition) is 3. The highest BCUT2D eigenvalue weighted by atomic mass is 32.2. The quantitative estimate of drug-likeness (QED) is 0.628. The zero-order chi connectivity index (χ0) is 14.7. The number of hydrogen-bond donors (Lipinski definition) is 0. The SMILES string of the molecule is CCCSc1nc(=O)n(Cc2ccccc2)c2c1CCC2. The van der Waals surface area contributed by atoms with Gasteiger partial charge in [0.2, 0.25) is 0 Å². The summed E-state index contributed by atoms with van der Waals surface area (Å²) in [6.07, 6.45) is 4.30. The third-order valence-corrected chi connectivity index (χ3v) is 5.05. The van der Waals surface area contributed by atoms with Gasteiger partial charge < -0.3 is 0 Å². The average molecular weight is 300 g/mol. The fourth-order valence-corrected chi connectivity index (χ4v) is 3.77. The molecule has 3 nitrogen and oxygen atoms in total. The van der Waals surface area contributed by atoms with Gasteiger partial charge in [-0.2, -0.15) is 4.98 Å². The van der Waals surface area contributed by atoms with Gasteiger partial charge >= 0.3 is 5.69 Å². The van der Waals surface area contributed by atoms with E-state index >= 15 is 0 Å².